The molecule has 21 heavy (non-hydrogen) atoms. The smallest absolute Gasteiger partial charge is 0.119 e. The Balaban J connectivity index is 1.98. The van der Waals surface area contributed by atoms with Crippen LogP contribution in [0.15, 0.2) is 36.4 Å². The molecule has 0 fully saturated rings. The molecule has 0 unspecified atom stereocenters. The summed E-state index contributed by atoms with van der Waals surface area (Å²) in [6.07, 6.45) is 4.23. The van der Waals surface area contributed by atoms with E-state index in [-0.39, 0.29) is 0 Å². The number of fused-ring (bicyclic) bond motifs is 1. The Morgan fingerprint density at radius 3 is 1.90 bits per heavy atom. The minimum Gasteiger partial charge on any atom is -0.494 e. The third kappa shape index (κ3) is 5.13. The van der Waals surface area contributed by atoms with Gasteiger partial charge in [0.05, 0.1) is 13.2 Å². The molecule has 0 bridgehead atoms. The van der Waals surface area contributed by atoms with Gasteiger partial charge in [0, 0.05) is 5.88 Å². The fraction of sp³-hybridized carbons (Fsp3) is 0.444. The molecule has 0 aliphatic heterocycles. The highest BCUT2D eigenvalue weighted by molar-refractivity contribution is 6.17. The maximum absolute atomic E-state index is 5.74. The lowest BCUT2D eigenvalue weighted by molar-refractivity contribution is 0.309. The Labute approximate surface area is 132 Å². The van der Waals surface area contributed by atoms with Crippen LogP contribution in [-0.4, -0.2) is 19.1 Å². The summed E-state index contributed by atoms with van der Waals surface area (Å²) in [5, 5.41) is 2.35. The van der Waals surface area contributed by atoms with Crippen LogP contribution in [0.2, 0.25) is 0 Å². The summed E-state index contributed by atoms with van der Waals surface area (Å²) in [6, 6.07) is 12.4. The van der Waals surface area contributed by atoms with Crippen LogP contribution in [0, 0.1) is 0 Å². The van der Waals surface area contributed by atoms with Gasteiger partial charge in [0.25, 0.3) is 0 Å². The standard InChI is InChI=1S/C18H23ClO2/c1-2-3-11-20-17-8-6-16-14-18(9-7-15(16)13-17)21-12-5-4-10-19/h6-9,13-14H,2-5,10-12H2,1H3. The Bertz CT molecular complexity index is 554. The van der Waals surface area contributed by atoms with Gasteiger partial charge in [0.2, 0.25) is 0 Å². The molecule has 0 atom stereocenters. The van der Waals surface area contributed by atoms with Crippen LogP contribution < -0.4 is 9.47 Å². The Morgan fingerprint density at radius 1 is 0.810 bits per heavy atom. The minimum absolute atomic E-state index is 0.696. The molecule has 0 heterocycles. The molecule has 3 heteroatoms. The molecule has 2 nitrogen and oxygen atoms in total. The van der Waals surface area contributed by atoms with Crippen molar-refractivity contribution in [1.82, 2.24) is 0 Å². The van der Waals surface area contributed by atoms with Crippen LogP contribution >= 0.6 is 11.6 Å². The van der Waals surface area contributed by atoms with E-state index in [0.717, 1.165) is 50.4 Å². The molecule has 0 radical (unpaired) electrons. The zero-order valence-corrected chi connectivity index (χ0v) is 13.4. The molecule has 0 spiro atoms. The molecule has 114 valence electrons. The minimum atomic E-state index is 0.696. The van der Waals surface area contributed by atoms with Gasteiger partial charge in [-0.2, -0.15) is 0 Å². The van der Waals surface area contributed by atoms with E-state index in [0.29, 0.717) is 5.88 Å². The molecular weight excluding hydrogens is 284 g/mol. The first-order chi connectivity index (χ1) is 10.3. The number of benzene rings is 2. The summed E-state index contributed by atoms with van der Waals surface area (Å²) in [5.74, 6) is 2.55. The number of hydrogen-bond donors (Lipinski definition) is 0. The van der Waals surface area contributed by atoms with E-state index in [1.54, 1.807) is 0 Å². The number of unbranched alkanes of at least 4 members (excludes halogenated alkanes) is 2. The van der Waals surface area contributed by atoms with Gasteiger partial charge in [-0.3, -0.25) is 0 Å². The lowest BCUT2D eigenvalue weighted by Crippen LogP contribution is -1.98. The van der Waals surface area contributed by atoms with E-state index in [1.165, 1.54) is 10.8 Å². The van der Waals surface area contributed by atoms with E-state index >= 15 is 0 Å². The normalized spacial score (nSPS) is 10.8. The number of halogens is 1. The van der Waals surface area contributed by atoms with Crippen molar-refractivity contribution in [2.24, 2.45) is 0 Å². The first kappa shape index (κ1) is 16.0. The monoisotopic (exact) mass is 306 g/mol. The van der Waals surface area contributed by atoms with E-state index < -0.39 is 0 Å². The summed E-state index contributed by atoms with van der Waals surface area (Å²) in [5.41, 5.74) is 0. The van der Waals surface area contributed by atoms with Gasteiger partial charge in [-0.1, -0.05) is 25.5 Å². The molecule has 0 saturated heterocycles. The molecule has 0 aliphatic rings. The quantitative estimate of drug-likeness (QED) is 0.455. The first-order valence-electron chi connectivity index (χ1n) is 7.69. The molecule has 2 aromatic carbocycles. The van der Waals surface area contributed by atoms with Crippen LogP contribution in [-0.2, 0) is 0 Å². The van der Waals surface area contributed by atoms with Gasteiger partial charge >= 0.3 is 0 Å². The number of rotatable bonds is 9. The maximum atomic E-state index is 5.74. The Morgan fingerprint density at radius 2 is 1.38 bits per heavy atom. The van der Waals surface area contributed by atoms with Crippen molar-refractivity contribution in [2.45, 2.75) is 32.6 Å². The van der Waals surface area contributed by atoms with Crippen molar-refractivity contribution < 1.29 is 9.47 Å². The SMILES string of the molecule is CCCCOc1ccc2cc(OCCCCCl)ccc2c1. The number of alkyl halides is 1. The second kappa shape index (κ2) is 8.78. The van der Waals surface area contributed by atoms with Crippen molar-refractivity contribution in [2.75, 3.05) is 19.1 Å². The van der Waals surface area contributed by atoms with Gasteiger partial charge in [-0.05, 0) is 54.3 Å². The van der Waals surface area contributed by atoms with Crippen LogP contribution in [0.25, 0.3) is 10.8 Å². The summed E-state index contributed by atoms with van der Waals surface area (Å²) < 4.78 is 11.5. The molecule has 2 rings (SSSR count). The first-order valence-corrected chi connectivity index (χ1v) is 8.22. The predicted octanol–water partition coefficient (Wildman–Crippen LogP) is 5.42. The second-order valence-electron chi connectivity index (χ2n) is 5.12. The highest BCUT2D eigenvalue weighted by Crippen LogP contribution is 2.25. The number of hydrogen-bond acceptors (Lipinski definition) is 2. The highest BCUT2D eigenvalue weighted by Gasteiger charge is 2.00. The van der Waals surface area contributed by atoms with E-state index in [2.05, 4.69) is 31.2 Å². The summed E-state index contributed by atoms with van der Waals surface area (Å²) >= 11 is 5.65. The van der Waals surface area contributed by atoms with Crippen molar-refractivity contribution in [1.29, 1.82) is 0 Å². The zero-order valence-electron chi connectivity index (χ0n) is 12.6. The number of ether oxygens (including phenoxy) is 2. The van der Waals surface area contributed by atoms with Crippen LogP contribution in [0.4, 0.5) is 0 Å². The van der Waals surface area contributed by atoms with E-state index in [4.69, 9.17) is 21.1 Å². The summed E-state index contributed by atoms with van der Waals surface area (Å²) in [7, 11) is 0. The fourth-order valence-corrected chi connectivity index (χ4v) is 2.29. The van der Waals surface area contributed by atoms with Crippen LogP contribution in [0.1, 0.15) is 32.6 Å². The van der Waals surface area contributed by atoms with Crippen molar-refractivity contribution in [3.05, 3.63) is 36.4 Å². The zero-order chi connectivity index (χ0) is 14.9. The van der Waals surface area contributed by atoms with E-state index in [9.17, 15) is 0 Å². The third-order valence-electron chi connectivity index (χ3n) is 3.35. The lowest BCUT2D eigenvalue weighted by Gasteiger charge is -2.09. The van der Waals surface area contributed by atoms with Crippen LogP contribution in [0.5, 0.6) is 11.5 Å². The van der Waals surface area contributed by atoms with Crippen LogP contribution in [0.3, 0.4) is 0 Å². The summed E-state index contributed by atoms with van der Waals surface area (Å²) in [4.78, 5) is 0. The van der Waals surface area contributed by atoms with Gasteiger partial charge in [0.1, 0.15) is 11.5 Å². The lowest BCUT2D eigenvalue weighted by atomic mass is 10.1. The molecule has 0 aromatic heterocycles. The Kier molecular flexibility index (Phi) is 6.68. The average molecular weight is 307 g/mol. The Hall–Kier alpha value is -1.41. The van der Waals surface area contributed by atoms with Gasteiger partial charge < -0.3 is 9.47 Å². The molecule has 0 aliphatic carbocycles. The predicted molar refractivity (Wildman–Crippen MR) is 89.8 cm³/mol. The molecule has 2 aromatic rings. The van der Waals surface area contributed by atoms with Crippen molar-refractivity contribution in [3.8, 4) is 11.5 Å². The molecule has 0 amide bonds. The average Bonchev–Trinajstić information content (AvgIpc) is 2.52. The maximum Gasteiger partial charge on any atom is 0.119 e. The van der Waals surface area contributed by atoms with Gasteiger partial charge in [0.15, 0.2) is 0 Å². The topological polar surface area (TPSA) is 18.5 Å². The largest absolute Gasteiger partial charge is 0.494 e. The van der Waals surface area contributed by atoms with Gasteiger partial charge in [-0.25, -0.2) is 0 Å². The summed E-state index contributed by atoms with van der Waals surface area (Å²) in [6.45, 7) is 3.67. The second-order valence-corrected chi connectivity index (χ2v) is 5.50. The highest BCUT2D eigenvalue weighted by atomic mass is 35.5. The molecule has 0 N–H and O–H groups in total. The van der Waals surface area contributed by atoms with Gasteiger partial charge in [-0.15, -0.1) is 11.6 Å². The third-order valence-corrected chi connectivity index (χ3v) is 3.61. The van der Waals surface area contributed by atoms with Crippen molar-refractivity contribution >= 4 is 22.4 Å². The van der Waals surface area contributed by atoms with Crippen molar-refractivity contribution in [3.63, 3.8) is 0 Å². The molecular formula is C18H23ClO2. The van der Waals surface area contributed by atoms with E-state index in [1.807, 2.05) is 12.1 Å². The fourth-order valence-electron chi connectivity index (χ4n) is 2.10. The molecule has 0 saturated carbocycles.